The SMILES string of the molecule is CC1(n2c(=O)c3c(-c4noc(-c5ccc(F)cc5)n4)ncn3c3ccc(Cl)c(C#N)c32)CCCO1. The van der Waals surface area contributed by atoms with Gasteiger partial charge in [-0.2, -0.15) is 10.2 Å². The molecule has 0 aliphatic carbocycles. The predicted octanol–water partition coefficient (Wildman–Crippen LogP) is 4.51. The van der Waals surface area contributed by atoms with Crippen LogP contribution in [0.25, 0.3) is 39.5 Å². The van der Waals surface area contributed by atoms with Crippen molar-refractivity contribution >= 4 is 28.2 Å². The fourth-order valence-corrected chi connectivity index (χ4v) is 4.81. The molecule has 0 saturated carbocycles. The smallest absolute Gasteiger partial charge is 0.280 e. The second kappa shape index (κ2) is 7.73. The van der Waals surface area contributed by atoms with Gasteiger partial charge in [0.2, 0.25) is 5.82 Å². The molecule has 6 rings (SSSR count). The fourth-order valence-electron chi connectivity index (χ4n) is 4.61. The summed E-state index contributed by atoms with van der Waals surface area (Å²) in [6, 6.07) is 11.1. The number of ether oxygens (including phenoxy) is 1. The summed E-state index contributed by atoms with van der Waals surface area (Å²) < 4.78 is 27.7. The van der Waals surface area contributed by atoms with Crippen LogP contribution in [0.1, 0.15) is 25.3 Å². The summed E-state index contributed by atoms with van der Waals surface area (Å²) in [6.07, 6.45) is 2.81. The highest BCUT2D eigenvalue weighted by atomic mass is 35.5. The molecule has 1 fully saturated rings. The van der Waals surface area contributed by atoms with E-state index in [2.05, 4.69) is 21.2 Å². The maximum Gasteiger partial charge on any atom is 0.280 e. The van der Waals surface area contributed by atoms with Crippen molar-refractivity contribution in [1.82, 2.24) is 24.1 Å². The Bertz CT molecular complexity index is 1730. The molecule has 1 aliphatic rings. The van der Waals surface area contributed by atoms with Crippen molar-refractivity contribution < 1.29 is 13.7 Å². The quantitative estimate of drug-likeness (QED) is 0.365. The summed E-state index contributed by atoms with van der Waals surface area (Å²) in [5.41, 5.74) is 0.617. The van der Waals surface area contributed by atoms with Crippen LogP contribution < -0.4 is 5.56 Å². The number of nitrogens with zero attached hydrogens (tertiary/aromatic N) is 6. The number of hydrogen-bond acceptors (Lipinski definition) is 7. The number of rotatable bonds is 3. The summed E-state index contributed by atoms with van der Waals surface area (Å²) in [5.74, 6) is -0.130. The van der Waals surface area contributed by atoms with Gasteiger partial charge in [-0.05, 0) is 56.2 Å². The third-order valence-corrected chi connectivity index (χ3v) is 6.59. The maximum atomic E-state index is 14.0. The highest BCUT2D eigenvalue weighted by Crippen LogP contribution is 2.36. The molecule has 0 N–H and O–H groups in total. The molecule has 0 bridgehead atoms. The molecule has 1 unspecified atom stereocenters. The van der Waals surface area contributed by atoms with Gasteiger partial charge in [0.1, 0.15) is 35.1 Å². The van der Waals surface area contributed by atoms with Gasteiger partial charge in [0.25, 0.3) is 11.4 Å². The number of halogens is 2. The zero-order valence-corrected chi connectivity index (χ0v) is 19.1. The highest BCUT2D eigenvalue weighted by Gasteiger charge is 2.36. The van der Waals surface area contributed by atoms with E-state index in [-0.39, 0.29) is 39.3 Å². The van der Waals surface area contributed by atoms with Crippen LogP contribution in [0, 0.1) is 17.1 Å². The minimum Gasteiger partial charge on any atom is -0.355 e. The van der Waals surface area contributed by atoms with E-state index in [1.807, 2.05) is 6.92 Å². The largest absolute Gasteiger partial charge is 0.355 e. The lowest BCUT2D eigenvalue weighted by molar-refractivity contribution is -0.0448. The summed E-state index contributed by atoms with van der Waals surface area (Å²) in [5, 5.41) is 14.1. The molecule has 5 aromatic rings. The molecule has 1 atom stereocenters. The molecule has 3 aromatic heterocycles. The molecule has 11 heteroatoms. The maximum absolute atomic E-state index is 14.0. The second-order valence-corrected chi connectivity index (χ2v) is 8.82. The summed E-state index contributed by atoms with van der Waals surface area (Å²) in [6.45, 7) is 2.30. The summed E-state index contributed by atoms with van der Waals surface area (Å²) >= 11 is 6.34. The lowest BCUT2D eigenvalue weighted by Gasteiger charge is -2.28. The lowest BCUT2D eigenvalue weighted by Crippen LogP contribution is -2.39. The van der Waals surface area contributed by atoms with E-state index < -0.39 is 11.3 Å². The molecule has 1 aliphatic heterocycles. The van der Waals surface area contributed by atoms with Crippen molar-refractivity contribution in [2.75, 3.05) is 6.61 Å². The first kappa shape index (κ1) is 21.5. The summed E-state index contributed by atoms with van der Waals surface area (Å²) in [7, 11) is 0. The first-order valence-electron chi connectivity index (χ1n) is 10.8. The number of hydrogen-bond donors (Lipinski definition) is 0. The Balaban J connectivity index is 1.65. The van der Waals surface area contributed by atoms with E-state index in [9.17, 15) is 14.4 Å². The van der Waals surface area contributed by atoms with E-state index >= 15 is 0 Å². The number of fused-ring (bicyclic) bond motifs is 3. The van der Waals surface area contributed by atoms with Gasteiger partial charge in [0.15, 0.2) is 0 Å². The molecule has 9 nitrogen and oxygen atoms in total. The predicted molar refractivity (Wildman–Crippen MR) is 124 cm³/mol. The molecular weight excluding hydrogens is 475 g/mol. The molecule has 0 radical (unpaired) electrons. The number of imidazole rings is 1. The van der Waals surface area contributed by atoms with Gasteiger partial charge in [-0.15, -0.1) is 0 Å². The van der Waals surface area contributed by atoms with Crippen molar-refractivity contribution in [2.45, 2.75) is 25.5 Å². The van der Waals surface area contributed by atoms with Crippen LogP contribution in [0.2, 0.25) is 5.02 Å². The van der Waals surface area contributed by atoms with Gasteiger partial charge in [-0.3, -0.25) is 13.8 Å². The number of benzene rings is 2. The number of aromatic nitrogens is 5. The van der Waals surface area contributed by atoms with Crippen LogP contribution in [0.5, 0.6) is 0 Å². The van der Waals surface area contributed by atoms with E-state index in [1.54, 1.807) is 16.5 Å². The van der Waals surface area contributed by atoms with Gasteiger partial charge < -0.3 is 9.26 Å². The molecule has 2 aromatic carbocycles. The summed E-state index contributed by atoms with van der Waals surface area (Å²) in [4.78, 5) is 22.8. The van der Waals surface area contributed by atoms with Crippen LogP contribution >= 0.6 is 11.6 Å². The van der Waals surface area contributed by atoms with Gasteiger partial charge in [-0.1, -0.05) is 16.8 Å². The minimum atomic E-state index is -0.981. The van der Waals surface area contributed by atoms with Crippen molar-refractivity contribution in [3.05, 3.63) is 69.5 Å². The van der Waals surface area contributed by atoms with Crippen molar-refractivity contribution in [2.24, 2.45) is 0 Å². The van der Waals surface area contributed by atoms with Gasteiger partial charge in [0.05, 0.1) is 21.6 Å². The van der Waals surface area contributed by atoms with Crippen LogP contribution in [0.15, 0.2) is 52.0 Å². The Morgan fingerprint density at radius 1 is 1.20 bits per heavy atom. The van der Waals surface area contributed by atoms with E-state index in [1.165, 1.54) is 35.2 Å². The molecule has 174 valence electrons. The van der Waals surface area contributed by atoms with Gasteiger partial charge in [0, 0.05) is 12.2 Å². The third kappa shape index (κ3) is 3.16. The zero-order chi connectivity index (χ0) is 24.3. The van der Waals surface area contributed by atoms with Crippen LogP contribution in [0.4, 0.5) is 4.39 Å². The fraction of sp³-hybridized carbons (Fsp3) is 0.208. The molecule has 4 heterocycles. The molecular formula is C24H16ClFN6O3. The Morgan fingerprint density at radius 2 is 2.00 bits per heavy atom. The van der Waals surface area contributed by atoms with Crippen molar-refractivity contribution in [3.8, 4) is 29.0 Å². The Hall–Kier alpha value is -4.07. The third-order valence-electron chi connectivity index (χ3n) is 6.27. The number of nitriles is 1. The van der Waals surface area contributed by atoms with Gasteiger partial charge >= 0.3 is 0 Å². The van der Waals surface area contributed by atoms with Crippen LogP contribution in [-0.4, -0.2) is 30.7 Å². The molecule has 0 spiro atoms. The average Bonchev–Trinajstić information content (AvgIpc) is 3.59. The average molecular weight is 491 g/mol. The van der Waals surface area contributed by atoms with Gasteiger partial charge in [-0.25, -0.2) is 9.37 Å². The Morgan fingerprint density at radius 3 is 2.71 bits per heavy atom. The van der Waals surface area contributed by atoms with Crippen LogP contribution in [-0.2, 0) is 10.5 Å². The second-order valence-electron chi connectivity index (χ2n) is 8.41. The normalized spacial score (nSPS) is 17.9. The monoisotopic (exact) mass is 490 g/mol. The molecule has 1 saturated heterocycles. The van der Waals surface area contributed by atoms with E-state index in [0.29, 0.717) is 29.6 Å². The standard InChI is InChI=1S/C24H16ClFN6O3/c1-24(9-2-10-34-24)32-19-15(11-27)16(25)7-8-17(19)31-12-28-18(20(31)23(32)33)21-29-22(35-30-21)13-3-5-14(26)6-4-13/h3-8,12H,2,9-10H2,1H3. The first-order valence-corrected chi connectivity index (χ1v) is 11.2. The topological polar surface area (TPSA) is 111 Å². The zero-order valence-electron chi connectivity index (χ0n) is 18.3. The minimum absolute atomic E-state index is 0.0989. The van der Waals surface area contributed by atoms with E-state index in [0.717, 1.165) is 6.42 Å². The Labute approximate surface area is 201 Å². The molecule has 35 heavy (non-hydrogen) atoms. The highest BCUT2D eigenvalue weighted by molar-refractivity contribution is 6.32. The van der Waals surface area contributed by atoms with E-state index in [4.69, 9.17) is 20.9 Å². The van der Waals surface area contributed by atoms with Crippen molar-refractivity contribution in [1.29, 1.82) is 5.26 Å². The van der Waals surface area contributed by atoms with Crippen LogP contribution in [0.3, 0.4) is 0 Å². The van der Waals surface area contributed by atoms with Crippen molar-refractivity contribution in [3.63, 3.8) is 0 Å². The lowest BCUT2D eigenvalue weighted by atomic mass is 10.1. The molecule has 0 amide bonds. The Kier molecular flexibility index (Phi) is 4.74. The first-order chi connectivity index (χ1) is 16.9.